The summed E-state index contributed by atoms with van der Waals surface area (Å²) >= 11 is 0. The normalized spacial score (nSPS) is 14.8. The molecule has 92 valence electrons. The van der Waals surface area contributed by atoms with Crippen molar-refractivity contribution < 1.29 is 4.79 Å². The molecule has 1 amide bonds. The molecule has 1 aliphatic heterocycles. The summed E-state index contributed by atoms with van der Waals surface area (Å²) in [6.07, 6.45) is 3.61. The molecule has 0 fully saturated rings. The molecule has 1 aliphatic rings. The fourth-order valence-corrected chi connectivity index (χ4v) is 2.17. The SMILES string of the molecule is C=CC1=C(C=C)CN(C(=O)c2cccc(C)c2)C1. The van der Waals surface area contributed by atoms with E-state index in [0.29, 0.717) is 13.1 Å². The summed E-state index contributed by atoms with van der Waals surface area (Å²) in [7, 11) is 0. The van der Waals surface area contributed by atoms with Crippen molar-refractivity contribution in [3.8, 4) is 0 Å². The van der Waals surface area contributed by atoms with Gasteiger partial charge in [0.25, 0.3) is 5.91 Å². The third-order valence-electron chi connectivity index (χ3n) is 3.18. The summed E-state index contributed by atoms with van der Waals surface area (Å²) in [5.41, 5.74) is 4.02. The molecule has 18 heavy (non-hydrogen) atoms. The van der Waals surface area contributed by atoms with Gasteiger partial charge in [-0.25, -0.2) is 0 Å². The Balaban J connectivity index is 2.19. The standard InChI is InChI=1S/C16H17NO/c1-4-13-10-17(11-14(13)5-2)16(18)15-8-6-7-12(3)9-15/h4-9H,1-2,10-11H2,3H3. The van der Waals surface area contributed by atoms with E-state index in [0.717, 1.165) is 22.3 Å². The Morgan fingerprint density at radius 2 is 1.83 bits per heavy atom. The second kappa shape index (κ2) is 5.05. The molecule has 0 bridgehead atoms. The molecule has 1 aromatic rings. The van der Waals surface area contributed by atoms with E-state index in [4.69, 9.17) is 0 Å². The van der Waals surface area contributed by atoms with Gasteiger partial charge in [0.1, 0.15) is 0 Å². The number of hydrogen-bond acceptors (Lipinski definition) is 1. The Morgan fingerprint density at radius 3 is 2.33 bits per heavy atom. The minimum Gasteiger partial charge on any atom is -0.330 e. The highest BCUT2D eigenvalue weighted by Crippen LogP contribution is 2.21. The molecule has 2 rings (SSSR count). The van der Waals surface area contributed by atoms with Gasteiger partial charge in [-0.05, 0) is 30.2 Å². The van der Waals surface area contributed by atoms with E-state index in [1.165, 1.54) is 0 Å². The highest BCUT2D eigenvalue weighted by molar-refractivity contribution is 5.95. The third kappa shape index (κ3) is 2.28. The summed E-state index contributed by atoms with van der Waals surface area (Å²) in [4.78, 5) is 14.2. The number of carbonyl (C=O) groups excluding carboxylic acids is 1. The zero-order chi connectivity index (χ0) is 13.1. The van der Waals surface area contributed by atoms with Gasteiger partial charge in [-0.3, -0.25) is 4.79 Å². The first-order valence-corrected chi connectivity index (χ1v) is 5.98. The second-order valence-electron chi connectivity index (χ2n) is 4.49. The van der Waals surface area contributed by atoms with Crippen molar-refractivity contribution in [2.75, 3.05) is 13.1 Å². The van der Waals surface area contributed by atoms with E-state index < -0.39 is 0 Å². The third-order valence-corrected chi connectivity index (χ3v) is 3.18. The van der Waals surface area contributed by atoms with Gasteiger partial charge < -0.3 is 4.90 Å². The zero-order valence-electron chi connectivity index (χ0n) is 10.6. The lowest BCUT2D eigenvalue weighted by atomic mass is 10.1. The van der Waals surface area contributed by atoms with Crippen molar-refractivity contribution in [3.63, 3.8) is 0 Å². The smallest absolute Gasteiger partial charge is 0.254 e. The summed E-state index contributed by atoms with van der Waals surface area (Å²) < 4.78 is 0. The lowest BCUT2D eigenvalue weighted by Crippen LogP contribution is -2.29. The van der Waals surface area contributed by atoms with Crippen LogP contribution in [0.15, 0.2) is 60.7 Å². The molecular weight excluding hydrogens is 222 g/mol. The minimum atomic E-state index is 0.0647. The van der Waals surface area contributed by atoms with E-state index in [1.54, 1.807) is 12.2 Å². The fraction of sp³-hybridized carbons (Fsp3) is 0.188. The number of carbonyl (C=O) groups is 1. The number of hydrogen-bond donors (Lipinski definition) is 0. The molecule has 0 radical (unpaired) electrons. The van der Waals surface area contributed by atoms with Crippen molar-refractivity contribution in [3.05, 3.63) is 71.8 Å². The lowest BCUT2D eigenvalue weighted by molar-refractivity contribution is 0.0797. The predicted octanol–water partition coefficient (Wildman–Crippen LogP) is 3.12. The number of aryl methyl sites for hydroxylation is 1. The number of amides is 1. The average molecular weight is 239 g/mol. The summed E-state index contributed by atoms with van der Waals surface area (Å²) in [5, 5.41) is 0. The number of nitrogens with zero attached hydrogens (tertiary/aromatic N) is 1. The largest absolute Gasteiger partial charge is 0.330 e. The van der Waals surface area contributed by atoms with Crippen molar-refractivity contribution in [1.82, 2.24) is 4.90 Å². The second-order valence-corrected chi connectivity index (χ2v) is 4.49. The van der Waals surface area contributed by atoms with Crippen LogP contribution in [0.1, 0.15) is 15.9 Å². The Labute approximate surface area is 108 Å². The molecule has 2 heteroatoms. The van der Waals surface area contributed by atoms with E-state index in [2.05, 4.69) is 13.2 Å². The Bertz CT molecular complexity index is 520. The summed E-state index contributed by atoms with van der Waals surface area (Å²) in [5.74, 6) is 0.0647. The van der Waals surface area contributed by atoms with Gasteiger partial charge in [0.05, 0.1) is 0 Å². The van der Waals surface area contributed by atoms with Gasteiger partial charge in [-0.15, -0.1) is 0 Å². The van der Waals surface area contributed by atoms with Crippen molar-refractivity contribution in [1.29, 1.82) is 0 Å². The topological polar surface area (TPSA) is 20.3 Å². The van der Waals surface area contributed by atoms with Crippen LogP contribution in [0.2, 0.25) is 0 Å². The van der Waals surface area contributed by atoms with Crippen LogP contribution in [0, 0.1) is 6.92 Å². The van der Waals surface area contributed by atoms with Crippen LogP contribution in [0.5, 0.6) is 0 Å². The molecule has 0 unspecified atom stereocenters. The average Bonchev–Trinajstić information content (AvgIpc) is 2.81. The molecule has 0 N–H and O–H groups in total. The van der Waals surface area contributed by atoms with E-state index >= 15 is 0 Å². The molecule has 0 aromatic heterocycles. The van der Waals surface area contributed by atoms with Crippen LogP contribution in [-0.2, 0) is 0 Å². The van der Waals surface area contributed by atoms with Crippen molar-refractivity contribution >= 4 is 5.91 Å². The van der Waals surface area contributed by atoms with Crippen LogP contribution in [0.25, 0.3) is 0 Å². The Kier molecular flexibility index (Phi) is 3.47. The van der Waals surface area contributed by atoms with Crippen LogP contribution >= 0.6 is 0 Å². The molecular formula is C16H17NO. The van der Waals surface area contributed by atoms with Crippen molar-refractivity contribution in [2.45, 2.75) is 6.92 Å². The highest BCUT2D eigenvalue weighted by Gasteiger charge is 2.23. The maximum Gasteiger partial charge on any atom is 0.254 e. The lowest BCUT2D eigenvalue weighted by Gasteiger charge is -2.16. The summed E-state index contributed by atoms with van der Waals surface area (Å²) in [6.45, 7) is 10.8. The van der Waals surface area contributed by atoms with Gasteiger partial charge in [-0.1, -0.05) is 43.0 Å². The maximum atomic E-state index is 12.4. The maximum absolute atomic E-state index is 12.4. The zero-order valence-corrected chi connectivity index (χ0v) is 10.6. The van der Waals surface area contributed by atoms with Crippen molar-refractivity contribution in [2.24, 2.45) is 0 Å². The quantitative estimate of drug-likeness (QED) is 0.793. The van der Waals surface area contributed by atoms with E-state index in [9.17, 15) is 4.79 Å². The highest BCUT2D eigenvalue weighted by atomic mass is 16.2. The van der Waals surface area contributed by atoms with Crippen LogP contribution < -0.4 is 0 Å². The molecule has 1 aromatic carbocycles. The van der Waals surface area contributed by atoms with Crippen LogP contribution in [0.4, 0.5) is 0 Å². The van der Waals surface area contributed by atoms with E-state index in [-0.39, 0.29) is 5.91 Å². The van der Waals surface area contributed by atoms with Gasteiger partial charge in [-0.2, -0.15) is 0 Å². The first-order chi connectivity index (χ1) is 8.65. The molecule has 0 saturated heterocycles. The van der Waals surface area contributed by atoms with Gasteiger partial charge >= 0.3 is 0 Å². The molecule has 0 atom stereocenters. The van der Waals surface area contributed by atoms with Gasteiger partial charge in [0.15, 0.2) is 0 Å². The van der Waals surface area contributed by atoms with Crippen LogP contribution in [0.3, 0.4) is 0 Å². The Hall–Kier alpha value is -2.09. The summed E-state index contributed by atoms with van der Waals surface area (Å²) in [6, 6.07) is 7.68. The molecule has 1 heterocycles. The monoisotopic (exact) mass is 239 g/mol. The van der Waals surface area contributed by atoms with Gasteiger partial charge in [0.2, 0.25) is 0 Å². The molecule has 2 nitrogen and oxygen atoms in total. The Morgan fingerprint density at radius 1 is 1.22 bits per heavy atom. The molecule has 0 aliphatic carbocycles. The first kappa shape index (κ1) is 12.4. The van der Waals surface area contributed by atoms with E-state index in [1.807, 2.05) is 36.1 Å². The molecule has 0 saturated carbocycles. The number of benzene rings is 1. The predicted molar refractivity (Wildman–Crippen MR) is 74.5 cm³/mol. The fourth-order valence-electron chi connectivity index (χ4n) is 2.17. The van der Waals surface area contributed by atoms with Crippen LogP contribution in [-0.4, -0.2) is 23.9 Å². The first-order valence-electron chi connectivity index (χ1n) is 5.98. The van der Waals surface area contributed by atoms with Gasteiger partial charge in [0, 0.05) is 18.7 Å². The number of rotatable bonds is 3. The minimum absolute atomic E-state index is 0.0647. The molecule has 0 spiro atoms.